The van der Waals surface area contributed by atoms with Gasteiger partial charge in [-0.1, -0.05) is 23.2 Å². The van der Waals surface area contributed by atoms with Crippen molar-refractivity contribution < 1.29 is 22.5 Å². The molecule has 1 saturated heterocycles. The first-order valence-corrected chi connectivity index (χ1v) is 12.4. The quantitative estimate of drug-likeness (QED) is 0.521. The van der Waals surface area contributed by atoms with Gasteiger partial charge in [0.1, 0.15) is 5.75 Å². The van der Waals surface area contributed by atoms with Gasteiger partial charge in [-0.05, 0) is 60.4 Å². The van der Waals surface area contributed by atoms with Crippen LogP contribution < -0.4 is 11.1 Å². The number of hydrogen-bond acceptors (Lipinski definition) is 4. The molecule has 1 amide bonds. The number of amides is 1. The van der Waals surface area contributed by atoms with Crippen LogP contribution in [0.5, 0.6) is 0 Å². The van der Waals surface area contributed by atoms with Crippen molar-refractivity contribution in [3.8, 4) is 0 Å². The van der Waals surface area contributed by atoms with Crippen LogP contribution in [0.4, 0.5) is 13.2 Å². The minimum absolute atomic E-state index is 0.00200. The van der Waals surface area contributed by atoms with E-state index in [-0.39, 0.29) is 35.3 Å². The molecule has 0 aliphatic carbocycles. The number of hydrogen-bond donors (Lipinski definition) is 2. The van der Waals surface area contributed by atoms with Gasteiger partial charge in [-0.3, -0.25) is 9.69 Å². The highest BCUT2D eigenvalue weighted by atomic mass is 35.5. The highest BCUT2D eigenvalue weighted by molar-refractivity contribution is 7.91. The molecule has 0 bridgehead atoms. The lowest BCUT2D eigenvalue weighted by atomic mass is 10.0. The normalized spacial score (nSPS) is 17.9. The molecule has 2 atom stereocenters. The molecule has 0 spiro atoms. The lowest BCUT2D eigenvalue weighted by molar-refractivity contribution is -0.138. The summed E-state index contributed by atoms with van der Waals surface area (Å²) in [4.78, 5) is 15.0. The number of likely N-dealkylation sites (tertiary alicyclic amines) is 1. The van der Waals surface area contributed by atoms with Crippen LogP contribution in [0.25, 0.3) is 0 Å². The zero-order valence-corrected chi connectivity index (χ0v) is 20.2. The summed E-state index contributed by atoms with van der Waals surface area (Å²) in [6.45, 7) is 2.77. The third kappa shape index (κ3) is 6.55. The van der Waals surface area contributed by atoms with E-state index in [0.717, 1.165) is 6.07 Å². The van der Waals surface area contributed by atoms with Crippen LogP contribution in [-0.4, -0.2) is 40.2 Å². The molecule has 33 heavy (non-hydrogen) atoms. The van der Waals surface area contributed by atoms with Crippen LogP contribution in [0.3, 0.4) is 0 Å². The standard InChI is InChI=1S/C22H24Cl2F3N3O2S/c1-2-33(32)20-4-3-15(23)7-14(20)10-29-21(31)13-8-18(22(25,26)27)17(19(24)9-13)12-30-6-5-16(28)11-30/h3-4,7-9,16H,2,5-6,10-12,28H2,1H3,(H,29,31)/t16-,33?/m1/s1. The third-order valence-electron chi connectivity index (χ3n) is 5.42. The van der Waals surface area contributed by atoms with Crippen molar-refractivity contribution >= 4 is 40.3 Å². The van der Waals surface area contributed by atoms with Crippen LogP contribution in [0.15, 0.2) is 35.2 Å². The van der Waals surface area contributed by atoms with Gasteiger partial charge in [0.05, 0.1) is 5.56 Å². The van der Waals surface area contributed by atoms with Gasteiger partial charge in [0.25, 0.3) is 5.91 Å². The molecule has 3 rings (SSSR count). The number of alkyl halides is 3. The Balaban J connectivity index is 1.84. The Kier molecular flexibility index (Phi) is 8.58. The van der Waals surface area contributed by atoms with Gasteiger partial charge in [0.15, 0.2) is 4.90 Å². The van der Waals surface area contributed by atoms with Gasteiger partial charge in [-0.2, -0.15) is 13.2 Å². The smallest absolute Gasteiger partial charge is 0.416 e. The summed E-state index contributed by atoms with van der Waals surface area (Å²) >= 11 is 11.0. The Morgan fingerprint density at radius 2 is 2.03 bits per heavy atom. The van der Waals surface area contributed by atoms with E-state index in [1.54, 1.807) is 25.1 Å². The van der Waals surface area contributed by atoms with Crippen LogP contribution in [0.1, 0.15) is 40.4 Å². The van der Waals surface area contributed by atoms with Gasteiger partial charge in [-0.15, -0.1) is 0 Å². The summed E-state index contributed by atoms with van der Waals surface area (Å²) in [5, 5.41) is 2.84. The van der Waals surface area contributed by atoms with Crippen molar-refractivity contribution in [1.82, 2.24) is 10.2 Å². The van der Waals surface area contributed by atoms with E-state index in [2.05, 4.69) is 5.32 Å². The molecule has 180 valence electrons. The maximum atomic E-state index is 13.8. The number of nitrogens with two attached hydrogens (primary N) is 1. The average molecular weight is 522 g/mol. The summed E-state index contributed by atoms with van der Waals surface area (Å²) in [6.07, 6.45) is -3.98. The first-order valence-electron chi connectivity index (χ1n) is 10.3. The molecule has 0 radical (unpaired) electrons. The first kappa shape index (κ1) is 26.1. The summed E-state index contributed by atoms with van der Waals surface area (Å²) < 4.78 is 53.7. The topological polar surface area (TPSA) is 81.4 Å². The van der Waals surface area contributed by atoms with E-state index in [9.17, 15) is 22.5 Å². The maximum Gasteiger partial charge on any atom is 0.416 e. The van der Waals surface area contributed by atoms with Crippen molar-refractivity contribution in [2.45, 2.75) is 43.5 Å². The Labute approximate surface area is 203 Å². The van der Waals surface area contributed by atoms with E-state index in [4.69, 9.17) is 28.9 Å². The van der Waals surface area contributed by atoms with Crippen molar-refractivity contribution in [2.75, 3.05) is 18.8 Å². The summed E-state index contributed by atoms with van der Waals surface area (Å²) in [5.41, 5.74) is 5.14. The molecule has 2 aromatic rings. The number of nitrogens with zero attached hydrogens (tertiary/aromatic N) is 1. The number of carbonyl (C=O) groups excluding carboxylic acids is 1. The molecule has 5 nitrogen and oxygen atoms in total. The highest BCUT2D eigenvalue weighted by Gasteiger charge is 2.36. The molecule has 2 aromatic carbocycles. The van der Waals surface area contributed by atoms with Crippen LogP contribution in [0, 0.1) is 0 Å². The largest absolute Gasteiger partial charge is 0.611 e. The Hall–Kier alpha value is -1.49. The first-order chi connectivity index (χ1) is 15.5. The van der Waals surface area contributed by atoms with Crippen LogP contribution in [0.2, 0.25) is 10.0 Å². The summed E-state index contributed by atoms with van der Waals surface area (Å²) in [7, 11) is 0. The molecular weight excluding hydrogens is 498 g/mol. The highest BCUT2D eigenvalue weighted by Crippen LogP contribution is 2.37. The molecule has 3 N–H and O–H groups in total. The van der Waals surface area contributed by atoms with E-state index in [1.165, 1.54) is 6.07 Å². The molecule has 1 unspecified atom stereocenters. The average Bonchev–Trinajstić information content (AvgIpc) is 3.16. The Morgan fingerprint density at radius 1 is 1.30 bits per heavy atom. The van der Waals surface area contributed by atoms with Crippen molar-refractivity contribution in [2.24, 2.45) is 5.73 Å². The van der Waals surface area contributed by atoms with Crippen molar-refractivity contribution in [3.05, 3.63) is 62.6 Å². The lowest BCUT2D eigenvalue weighted by Crippen LogP contribution is -2.28. The molecular formula is C22H24Cl2F3N3O2S. The number of carbonyl (C=O) groups is 1. The molecule has 0 saturated carbocycles. The predicted octanol–water partition coefficient (Wildman–Crippen LogP) is 4.60. The SMILES string of the molecule is CC[S+]([O-])c1ccc(Cl)cc1CNC(=O)c1cc(Cl)c(CN2CC[C@@H](N)C2)c(C(F)(F)F)c1. The van der Waals surface area contributed by atoms with Gasteiger partial charge >= 0.3 is 6.18 Å². The molecule has 1 heterocycles. The second-order valence-corrected chi connectivity index (χ2v) is 10.4. The molecule has 0 aromatic heterocycles. The Morgan fingerprint density at radius 3 is 2.64 bits per heavy atom. The van der Waals surface area contributed by atoms with Gasteiger partial charge in [0, 0.05) is 53.4 Å². The van der Waals surface area contributed by atoms with Gasteiger partial charge in [-0.25, -0.2) is 0 Å². The zero-order valence-electron chi connectivity index (χ0n) is 17.8. The fraction of sp³-hybridized carbons (Fsp3) is 0.409. The minimum atomic E-state index is -4.69. The fourth-order valence-electron chi connectivity index (χ4n) is 3.75. The summed E-state index contributed by atoms with van der Waals surface area (Å²) in [5.74, 6) is -0.360. The van der Waals surface area contributed by atoms with Gasteiger partial charge < -0.3 is 15.6 Å². The number of nitrogens with one attached hydrogen (secondary N) is 1. The minimum Gasteiger partial charge on any atom is -0.611 e. The maximum absolute atomic E-state index is 13.8. The van der Waals surface area contributed by atoms with E-state index in [0.29, 0.717) is 40.7 Å². The van der Waals surface area contributed by atoms with Crippen LogP contribution in [-0.2, 0) is 30.4 Å². The molecule has 11 heteroatoms. The predicted molar refractivity (Wildman–Crippen MR) is 124 cm³/mol. The monoisotopic (exact) mass is 521 g/mol. The number of rotatable bonds is 7. The van der Waals surface area contributed by atoms with E-state index >= 15 is 0 Å². The lowest BCUT2D eigenvalue weighted by Gasteiger charge is -2.21. The van der Waals surface area contributed by atoms with Crippen molar-refractivity contribution in [1.29, 1.82) is 0 Å². The summed E-state index contributed by atoms with van der Waals surface area (Å²) in [6, 6.07) is 6.75. The van der Waals surface area contributed by atoms with E-state index < -0.39 is 28.8 Å². The number of halogens is 5. The van der Waals surface area contributed by atoms with E-state index in [1.807, 2.05) is 4.90 Å². The number of benzene rings is 2. The van der Waals surface area contributed by atoms with Gasteiger partial charge in [0.2, 0.25) is 0 Å². The molecule has 1 fully saturated rings. The second-order valence-electron chi connectivity index (χ2n) is 7.83. The molecule has 1 aliphatic rings. The third-order valence-corrected chi connectivity index (χ3v) is 7.41. The van der Waals surface area contributed by atoms with Crippen molar-refractivity contribution in [3.63, 3.8) is 0 Å². The second kappa shape index (κ2) is 10.8. The zero-order chi connectivity index (χ0) is 24.3. The fourth-order valence-corrected chi connectivity index (χ4v) is 5.18. The van der Waals surface area contributed by atoms with Crippen LogP contribution >= 0.6 is 23.2 Å². The Bertz CT molecular complexity index is 1020. The molecule has 1 aliphatic heterocycles.